The molecular weight excluding hydrogens is 316 g/mol. The van der Waals surface area contributed by atoms with Crippen molar-refractivity contribution in [3.05, 3.63) is 34.3 Å². The summed E-state index contributed by atoms with van der Waals surface area (Å²) in [5.74, 6) is 0.515. The zero-order chi connectivity index (χ0) is 14.4. The summed E-state index contributed by atoms with van der Waals surface area (Å²) in [6.45, 7) is 2.69. The second kappa shape index (κ2) is 8.16. The van der Waals surface area contributed by atoms with Crippen LogP contribution in [0.3, 0.4) is 0 Å². The minimum absolute atomic E-state index is 0.0209. The first-order valence-electron chi connectivity index (χ1n) is 7.75. The molecule has 0 amide bonds. The van der Waals surface area contributed by atoms with E-state index in [0.717, 1.165) is 10.0 Å². The first-order chi connectivity index (χ1) is 9.72. The minimum atomic E-state index is -0.420. The highest BCUT2D eigenvalue weighted by Gasteiger charge is 2.30. The quantitative estimate of drug-likeness (QED) is 0.834. The summed E-state index contributed by atoms with van der Waals surface area (Å²) < 4.78 is 6.96. The first kappa shape index (κ1) is 16.0. The third kappa shape index (κ3) is 4.31. The molecule has 0 aliphatic heterocycles. The van der Waals surface area contributed by atoms with E-state index in [4.69, 9.17) is 4.74 Å². The molecule has 2 rings (SSSR count). The van der Waals surface area contributed by atoms with Crippen molar-refractivity contribution in [2.24, 2.45) is 5.92 Å². The first-order valence-corrected chi connectivity index (χ1v) is 8.54. The topological polar surface area (TPSA) is 29.5 Å². The average molecular weight is 341 g/mol. The van der Waals surface area contributed by atoms with Crippen LogP contribution in [0.25, 0.3) is 0 Å². The molecule has 1 aromatic rings. The maximum absolute atomic E-state index is 10.6. The van der Waals surface area contributed by atoms with Crippen LogP contribution in [0.15, 0.2) is 28.7 Å². The molecule has 0 bridgehead atoms. The van der Waals surface area contributed by atoms with E-state index in [-0.39, 0.29) is 6.10 Å². The Labute approximate surface area is 130 Å². The molecule has 0 saturated heterocycles. The lowest BCUT2D eigenvalue weighted by molar-refractivity contribution is -0.0716. The van der Waals surface area contributed by atoms with Gasteiger partial charge >= 0.3 is 0 Å². The lowest BCUT2D eigenvalue weighted by Crippen LogP contribution is -2.38. The van der Waals surface area contributed by atoms with Gasteiger partial charge in [-0.3, -0.25) is 0 Å². The van der Waals surface area contributed by atoms with Crippen LogP contribution in [0.1, 0.15) is 44.6 Å². The second-order valence-corrected chi connectivity index (χ2v) is 6.54. The van der Waals surface area contributed by atoms with Crippen molar-refractivity contribution in [2.75, 3.05) is 6.61 Å². The summed E-state index contributed by atoms with van der Waals surface area (Å²) in [4.78, 5) is 0. The lowest BCUT2D eigenvalue weighted by Gasteiger charge is -2.33. The van der Waals surface area contributed by atoms with E-state index in [9.17, 15) is 5.11 Å². The van der Waals surface area contributed by atoms with E-state index >= 15 is 0 Å². The van der Waals surface area contributed by atoms with E-state index in [2.05, 4.69) is 22.0 Å². The van der Waals surface area contributed by atoms with Crippen LogP contribution in [-0.4, -0.2) is 23.9 Å². The molecule has 1 aliphatic rings. The Balaban J connectivity index is 2.02. The molecule has 0 heterocycles. The molecule has 0 aromatic heterocycles. The number of hydrogen-bond donors (Lipinski definition) is 1. The van der Waals surface area contributed by atoms with E-state index in [1.807, 2.05) is 25.1 Å². The van der Waals surface area contributed by atoms with E-state index in [1.54, 1.807) is 0 Å². The van der Waals surface area contributed by atoms with Gasteiger partial charge in [0.1, 0.15) is 0 Å². The maximum atomic E-state index is 10.6. The Morgan fingerprint density at radius 2 is 1.95 bits per heavy atom. The van der Waals surface area contributed by atoms with Crippen molar-refractivity contribution >= 4 is 15.9 Å². The smallest absolute Gasteiger partial charge is 0.0865 e. The molecule has 1 N–H and O–H groups in total. The van der Waals surface area contributed by atoms with Gasteiger partial charge in [0.2, 0.25) is 0 Å². The van der Waals surface area contributed by atoms with E-state index in [0.29, 0.717) is 18.9 Å². The van der Waals surface area contributed by atoms with Crippen LogP contribution in [0.4, 0.5) is 0 Å². The fourth-order valence-corrected chi connectivity index (χ4v) is 3.67. The summed E-state index contributed by atoms with van der Waals surface area (Å²) in [7, 11) is 0. The fourth-order valence-electron chi connectivity index (χ4n) is 3.22. The van der Waals surface area contributed by atoms with Gasteiger partial charge in [0.05, 0.1) is 12.2 Å². The second-order valence-electron chi connectivity index (χ2n) is 5.68. The number of aliphatic hydroxyl groups is 1. The average Bonchev–Trinajstić information content (AvgIpc) is 2.48. The third-order valence-corrected chi connectivity index (χ3v) is 5.01. The number of hydrogen-bond acceptors (Lipinski definition) is 2. The molecule has 2 unspecified atom stereocenters. The highest BCUT2D eigenvalue weighted by molar-refractivity contribution is 9.10. The lowest BCUT2D eigenvalue weighted by atomic mass is 9.82. The largest absolute Gasteiger partial charge is 0.390 e. The summed E-state index contributed by atoms with van der Waals surface area (Å²) in [6.07, 6.45) is 6.48. The van der Waals surface area contributed by atoms with Gasteiger partial charge in [0.25, 0.3) is 0 Å². The zero-order valence-corrected chi connectivity index (χ0v) is 13.8. The summed E-state index contributed by atoms with van der Waals surface area (Å²) in [5, 5.41) is 10.6. The Hall–Kier alpha value is -0.380. The molecule has 2 atom stereocenters. The van der Waals surface area contributed by atoms with Crippen molar-refractivity contribution in [1.82, 2.24) is 0 Å². The SMILES string of the molecule is CCOC(C(O)Cc1ccccc1Br)C1CCCCC1. The molecular formula is C17H25BrO2. The highest BCUT2D eigenvalue weighted by Crippen LogP contribution is 2.31. The number of ether oxygens (including phenoxy) is 1. The molecule has 1 saturated carbocycles. The predicted octanol–water partition coefficient (Wildman–Crippen LogP) is 4.34. The van der Waals surface area contributed by atoms with Gasteiger partial charge in [-0.25, -0.2) is 0 Å². The van der Waals surface area contributed by atoms with Gasteiger partial charge in [-0.2, -0.15) is 0 Å². The van der Waals surface area contributed by atoms with Gasteiger partial charge in [0, 0.05) is 17.5 Å². The summed E-state index contributed by atoms with van der Waals surface area (Å²) in [6, 6.07) is 8.11. The minimum Gasteiger partial charge on any atom is -0.390 e. The van der Waals surface area contributed by atoms with Crippen molar-refractivity contribution < 1.29 is 9.84 Å². The van der Waals surface area contributed by atoms with Crippen LogP contribution in [0.2, 0.25) is 0 Å². The normalized spacial score (nSPS) is 19.8. The summed E-state index contributed by atoms with van der Waals surface area (Å²) >= 11 is 3.56. The van der Waals surface area contributed by atoms with E-state index < -0.39 is 6.10 Å². The number of halogens is 1. The maximum Gasteiger partial charge on any atom is 0.0865 e. The fraction of sp³-hybridized carbons (Fsp3) is 0.647. The highest BCUT2D eigenvalue weighted by atomic mass is 79.9. The van der Waals surface area contributed by atoms with Crippen molar-refractivity contribution in [2.45, 2.75) is 57.7 Å². The molecule has 20 heavy (non-hydrogen) atoms. The monoisotopic (exact) mass is 340 g/mol. The Morgan fingerprint density at radius 1 is 1.25 bits per heavy atom. The van der Waals surface area contributed by atoms with Gasteiger partial charge < -0.3 is 9.84 Å². The van der Waals surface area contributed by atoms with Crippen LogP contribution >= 0.6 is 15.9 Å². The molecule has 3 heteroatoms. The Kier molecular flexibility index (Phi) is 6.53. The Morgan fingerprint density at radius 3 is 2.60 bits per heavy atom. The predicted molar refractivity (Wildman–Crippen MR) is 85.8 cm³/mol. The van der Waals surface area contributed by atoms with Crippen LogP contribution in [-0.2, 0) is 11.2 Å². The molecule has 1 fully saturated rings. The van der Waals surface area contributed by atoms with Crippen LogP contribution < -0.4 is 0 Å². The standard InChI is InChI=1S/C17H25BrO2/c1-2-20-17(13-8-4-3-5-9-13)16(19)12-14-10-6-7-11-15(14)18/h6-7,10-11,13,16-17,19H,2-5,8-9,12H2,1H3. The Bertz CT molecular complexity index is 402. The molecule has 1 aliphatic carbocycles. The van der Waals surface area contributed by atoms with Crippen LogP contribution in [0.5, 0.6) is 0 Å². The van der Waals surface area contributed by atoms with Gasteiger partial charge in [-0.15, -0.1) is 0 Å². The van der Waals surface area contributed by atoms with Crippen molar-refractivity contribution in [3.63, 3.8) is 0 Å². The van der Waals surface area contributed by atoms with Gasteiger partial charge in [0.15, 0.2) is 0 Å². The molecule has 2 nitrogen and oxygen atoms in total. The van der Waals surface area contributed by atoms with Gasteiger partial charge in [-0.1, -0.05) is 53.4 Å². The van der Waals surface area contributed by atoms with Crippen molar-refractivity contribution in [3.8, 4) is 0 Å². The molecule has 0 spiro atoms. The molecule has 0 radical (unpaired) electrons. The van der Waals surface area contributed by atoms with E-state index in [1.165, 1.54) is 32.1 Å². The van der Waals surface area contributed by atoms with Crippen molar-refractivity contribution in [1.29, 1.82) is 0 Å². The third-order valence-electron chi connectivity index (χ3n) is 4.24. The molecule has 112 valence electrons. The van der Waals surface area contributed by atoms with Gasteiger partial charge in [-0.05, 0) is 37.3 Å². The summed E-state index contributed by atoms with van der Waals surface area (Å²) in [5.41, 5.74) is 1.15. The number of rotatable bonds is 6. The number of aliphatic hydroxyl groups excluding tert-OH is 1. The zero-order valence-electron chi connectivity index (χ0n) is 12.2. The number of benzene rings is 1. The van der Waals surface area contributed by atoms with Crippen LogP contribution in [0, 0.1) is 5.92 Å². The molecule has 1 aromatic carbocycles.